The second kappa shape index (κ2) is 5.89. The van der Waals surface area contributed by atoms with E-state index in [2.05, 4.69) is 29.2 Å². The van der Waals surface area contributed by atoms with Crippen molar-refractivity contribution in [3.63, 3.8) is 0 Å². The lowest BCUT2D eigenvalue weighted by molar-refractivity contribution is 0.209. The molecule has 2 aromatic rings. The lowest BCUT2D eigenvalue weighted by atomic mass is 9.76. The maximum atomic E-state index is 10.4. The molecule has 2 aromatic carbocycles. The van der Waals surface area contributed by atoms with Gasteiger partial charge in [-0.05, 0) is 61.9 Å². The molecule has 0 aromatic heterocycles. The van der Waals surface area contributed by atoms with Crippen molar-refractivity contribution < 1.29 is 10.2 Å². The van der Waals surface area contributed by atoms with E-state index in [0.29, 0.717) is 12.0 Å². The molecule has 2 atom stereocenters. The molecule has 1 aliphatic carbocycles. The highest BCUT2D eigenvalue weighted by Crippen LogP contribution is 2.47. The standard InChI is InChI=1S/C20H23NO2/c22-19-9-8-16-17(20(19)23)12-15(14-6-2-1-3-7-14)13-18(16)21-10-4-5-11-21/h1-3,6-9,15,18,22-23H,4-5,10-13H2. The average Bonchev–Trinajstić information content (AvgIpc) is 3.13. The van der Waals surface area contributed by atoms with Gasteiger partial charge in [-0.25, -0.2) is 0 Å². The molecule has 2 unspecified atom stereocenters. The quantitative estimate of drug-likeness (QED) is 0.825. The van der Waals surface area contributed by atoms with Crippen LogP contribution >= 0.6 is 0 Å². The second-order valence-electron chi connectivity index (χ2n) is 6.81. The molecular weight excluding hydrogens is 286 g/mol. The van der Waals surface area contributed by atoms with Crippen molar-refractivity contribution >= 4 is 0 Å². The minimum absolute atomic E-state index is 0.00219. The summed E-state index contributed by atoms with van der Waals surface area (Å²) in [7, 11) is 0. The lowest BCUT2D eigenvalue weighted by Gasteiger charge is -2.37. The van der Waals surface area contributed by atoms with E-state index in [1.165, 1.54) is 24.0 Å². The molecular formula is C20H23NO2. The Morgan fingerprint density at radius 3 is 2.39 bits per heavy atom. The molecule has 1 aliphatic heterocycles. The third kappa shape index (κ3) is 2.59. The summed E-state index contributed by atoms with van der Waals surface area (Å²) in [6, 6.07) is 14.6. The molecule has 1 fully saturated rings. The minimum atomic E-state index is -0.00219. The molecule has 2 N–H and O–H groups in total. The van der Waals surface area contributed by atoms with Gasteiger partial charge in [0.25, 0.3) is 0 Å². The fourth-order valence-corrected chi connectivity index (χ4v) is 4.27. The van der Waals surface area contributed by atoms with E-state index >= 15 is 0 Å². The first kappa shape index (κ1) is 14.6. The van der Waals surface area contributed by atoms with E-state index < -0.39 is 0 Å². The Morgan fingerprint density at radius 1 is 0.913 bits per heavy atom. The van der Waals surface area contributed by atoms with Gasteiger partial charge >= 0.3 is 0 Å². The summed E-state index contributed by atoms with van der Waals surface area (Å²) in [5, 5.41) is 20.3. The summed E-state index contributed by atoms with van der Waals surface area (Å²) in [6.07, 6.45) is 4.39. The smallest absolute Gasteiger partial charge is 0.161 e. The summed E-state index contributed by atoms with van der Waals surface area (Å²) in [5.74, 6) is 0.465. The van der Waals surface area contributed by atoms with Crippen molar-refractivity contribution in [2.24, 2.45) is 0 Å². The van der Waals surface area contributed by atoms with Crippen LogP contribution in [-0.4, -0.2) is 28.2 Å². The van der Waals surface area contributed by atoms with E-state index in [-0.39, 0.29) is 11.5 Å². The fourth-order valence-electron chi connectivity index (χ4n) is 4.27. The van der Waals surface area contributed by atoms with Crippen LogP contribution in [0.5, 0.6) is 11.5 Å². The maximum Gasteiger partial charge on any atom is 0.161 e. The number of hydrogen-bond donors (Lipinski definition) is 2. The molecule has 0 spiro atoms. The van der Waals surface area contributed by atoms with E-state index in [1.54, 1.807) is 6.07 Å². The van der Waals surface area contributed by atoms with Crippen LogP contribution in [-0.2, 0) is 6.42 Å². The third-order valence-electron chi connectivity index (χ3n) is 5.47. The van der Waals surface area contributed by atoms with Crippen LogP contribution in [0.2, 0.25) is 0 Å². The van der Waals surface area contributed by atoms with Crippen LogP contribution in [0.1, 0.15) is 47.9 Å². The van der Waals surface area contributed by atoms with Crippen molar-refractivity contribution in [2.45, 2.75) is 37.6 Å². The van der Waals surface area contributed by atoms with E-state index in [4.69, 9.17) is 0 Å². The summed E-state index contributed by atoms with van der Waals surface area (Å²) >= 11 is 0. The normalized spacial score (nSPS) is 24.5. The highest BCUT2D eigenvalue weighted by atomic mass is 16.3. The van der Waals surface area contributed by atoms with Gasteiger partial charge in [-0.2, -0.15) is 0 Å². The van der Waals surface area contributed by atoms with E-state index in [9.17, 15) is 10.2 Å². The monoisotopic (exact) mass is 309 g/mol. The molecule has 3 nitrogen and oxygen atoms in total. The van der Waals surface area contributed by atoms with Crippen molar-refractivity contribution in [1.29, 1.82) is 0 Å². The number of rotatable bonds is 2. The van der Waals surface area contributed by atoms with Gasteiger partial charge < -0.3 is 10.2 Å². The molecule has 0 radical (unpaired) electrons. The first-order valence-corrected chi connectivity index (χ1v) is 8.56. The van der Waals surface area contributed by atoms with Gasteiger partial charge in [-0.15, -0.1) is 0 Å². The predicted octanol–water partition coefficient (Wildman–Crippen LogP) is 3.96. The van der Waals surface area contributed by atoms with Gasteiger partial charge in [-0.3, -0.25) is 4.90 Å². The molecule has 2 aliphatic rings. The van der Waals surface area contributed by atoms with Crippen molar-refractivity contribution in [3.8, 4) is 11.5 Å². The van der Waals surface area contributed by atoms with Crippen molar-refractivity contribution in [1.82, 2.24) is 4.90 Å². The zero-order valence-electron chi connectivity index (χ0n) is 13.3. The summed E-state index contributed by atoms with van der Waals surface area (Å²) in [4.78, 5) is 2.55. The largest absolute Gasteiger partial charge is 0.504 e. The lowest BCUT2D eigenvalue weighted by Crippen LogP contribution is -2.31. The molecule has 4 rings (SSSR count). The van der Waals surface area contributed by atoms with Crippen molar-refractivity contribution in [3.05, 3.63) is 59.2 Å². The Hall–Kier alpha value is -2.00. The van der Waals surface area contributed by atoms with Crippen LogP contribution in [0.4, 0.5) is 0 Å². The SMILES string of the molecule is Oc1ccc2c(c1O)CC(c1ccccc1)CC2N1CCCC1. The number of aromatic hydroxyl groups is 2. The molecule has 23 heavy (non-hydrogen) atoms. The van der Waals surface area contributed by atoms with Crippen LogP contribution in [0, 0.1) is 0 Å². The number of phenolic OH excluding ortho intramolecular Hbond substituents is 2. The highest BCUT2D eigenvalue weighted by Gasteiger charge is 2.34. The zero-order chi connectivity index (χ0) is 15.8. The van der Waals surface area contributed by atoms with Crippen molar-refractivity contribution in [2.75, 3.05) is 13.1 Å². The summed E-state index contributed by atoms with van der Waals surface area (Å²) in [5.41, 5.74) is 3.46. The van der Waals surface area contributed by atoms with Gasteiger partial charge in [-0.1, -0.05) is 36.4 Å². The Labute approximate surface area is 137 Å². The Bertz CT molecular complexity index is 692. The molecule has 3 heteroatoms. The third-order valence-corrected chi connectivity index (χ3v) is 5.47. The van der Waals surface area contributed by atoms with Gasteiger partial charge in [0.15, 0.2) is 11.5 Å². The highest BCUT2D eigenvalue weighted by molar-refractivity contribution is 5.52. The topological polar surface area (TPSA) is 43.7 Å². The number of fused-ring (bicyclic) bond motifs is 1. The number of hydrogen-bond acceptors (Lipinski definition) is 3. The predicted molar refractivity (Wildman–Crippen MR) is 90.8 cm³/mol. The minimum Gasteiger partial charge on any atom is -0.504 e. The van der Waals surface area contributed by atoms with Crippen LogP contribution in [0.3, 0.4) is 0 Å². The summed E-state index contributed by atoms with van der Waals surface area (Å²) in [6.45, 7) is 2.26. The van der Waals surface area contributed by atoms with Gasteiger partial charge in [0.05, 0.1) is 0 Å². The first-order chi connectivity index (χ1) is 11.2. The maximum absolute atomic E-state index is 10.4. The molecule has 1 heterocycles. The molecule has 0 saturated carbocycles. The number of phenols is 2. The average molecular weight is 309 g/mol. The molecule has 120 valence electrons. The number of benzene rings is 2. The number of likely N-dealkylation sites (tertiary alicyclic amines) is 1. The van der Waals surface area contributed by atoms with Crippen LogP contribution in [0.25, 0.3) is 0 Å². The van der Waals surface area contributed by atoms with E-state index in [1.807, 2.05) is 12.1 Å². The van der Waals surface area contributed by atoms with Crippen LogP contribution < -0.4 is 0 Å². The fraction of sp³-hybridized carbons (Fsp3) is 0.400. The van der Waals surface area contributed by atoms with E-state index in [0.717, 1.165) is 31.5 Å². The molecule has 0 amide bonds. The summed E-state index contributed by atoms with van der Waals surface area (Å²) < 4.78 is 0. The van der Waals surface area contributed by atoms with Crippen LogP contribution in [0.15, 0.2) is 42.5 Å². The molecule has 0 bridgehead atoms. The first-order valence-electron chi connectivity index (χ1n) is 8.56. The molecule has 1 saturated heterocycles. The van der Waals surface area contributed by atoms with Gasteiger partial charge in [0.1, 0.15) is 0 Å². The van der Waals surface area contributed by atoms with Gasteiger partial charge in [0, 0.05) is 11.6 Å². The Kier molecular flexibility index (Phi) is 3.74. The van der Waals surface area contributed by atoms with Gasteiger partial charge in [0.2, 0.25) is 0 Å². The zero-order valence-corrected chi connectivity index (χ0v) is 13.3. The number of nitrogens with zero attached hydrogens (tertiary/aromatic N) is 1. The Balaban J connectivity index is 1.76. The second-order valence-corrected chi connectivity index (χ2v) is 6.81. The Morgan fingerprint density at radius 2 is 1.65 bits per heavy atom.